The number of phenols is 1. The van der Waals surface area contributed by atoms with Crippen LogP contribution in [-0.4, -0.2) is 29.6 Å². The Kier molecular flexibility index (Phi) is 3.66. The first-order chi connectivity index (χ1) is 7.58. The summed E-state index contributed by atoms with van der Waals surface area (Å²) < 4.78 is 4.82. The summed E-state index contributed by atoms with van der Waals surface area (Å²) in [4.78, 5) is 21.1. The van der Waals surface area contributed by atoms with Gasteiger partial charge in [-0.05, 0) is 23.8 Å². The van der Waals surface area contributed by atoms with Gasteiger partial charge in [-0.15, -0.1) is 0 Å². The second kappa shape index (κ2) is 4.97. The van der Waals surface area contributed by atoms with Crippen molar-refractivity contribution in [3.8, 4) is 11.5 Å². The maximum absolute atomic E-state index is 10.7. The minimum absolute atomic E-state index is 0.155. The lowest BCUT2D eigenvalue weighted by molar-refractivity contribution is -0.131. The molecule has 5 heteroatoms. The van der Waals surface area contributed by atoms with Gasteiger partial charge in [0.1, 0.15) is 0 Å². The average molecular weight is 222 g/mol. The summed E-state index contributed by atoms with van der Waals surface area (Å²) in [5, 5.41) is 17.9. The number of rotatable bonds is 4. The van der Waals surface area contributed by atoms with E-state index < -0.39 is 5.97 Å². The van der Waals surface area contributed by atoms with Gasteiger partial charge < -0.3 is 14.9 Å². The predicted molar refractivity (Wildman–Crippen MR) is 56.7 cm³/mol. The number of aldehydes is 1. The van der Waals surface area contributed by atoms with Crippen LogP contribution in [0.15, 0.2) is 18.2 Å². The van der Waals surface area contributed by atoms with Gasteiger partial charge in [-0.25, -0.2) is 4.79 Å². The van der Waals surface area contributed by atoms with Crippen LogP contribution in [0.5, 0.6) is 11.5 Å². The Morgan fingerprint density at radius 1 is 1.38 bits per heavy atom. The molecule has 1 aromatic carbocycles. The van der Waals surface area contributed by atoms with Gasteiger partial charge >= 0.3 is 5.97 Å². The lowest BCUT2D eigenvalue weighted by Gasteiger charge is -2.06. The molecule has 0 fully saturated rings. The molecule has 0 saturated carbocycles. The van der Waals surface area contributed by atoms with Gasteiger partial charge in [0.15, 0.2) is 17.8 Å². The molecule has 16 heavy (non-hydrogen) atoms. The van der Waals surface area contributed by atoms with Gasteiger partial charge in [-0.2, -0.15) is 0 Å². The fourth-order valence-electron chi connectivity index (χ4n) is 1.17. The second-order valence-corrected chi connectivity index (χ2v) is 2.94. The highest BCUT2D eigenvalue weighted by Crippen LogP contribution is 2.29. The van der Waals surface area contributed by atoms with E-state index in [0.29, 0.717) is 11.8 Å². The predicted octanol–water partition coefficient (Wildman–Crippen LogP) is 1.31. The lowest BCUT2D eigenvalue weighted by atomic mass is 10.1. The van der Waals surface area contributed by atoms with Crippen molar-refractivity contribution in [2.24, 2.45) is 0 Å². The second-order valence-electron chi connectivity index (χ2n) is 2.94. The third-order valence-electron chi connectivity index (χ3n) is 1.92. The van der Waals surface area contributed by atoms with E-state index in [4.69, 9.17) is 9.84 Å². The van der Waals surface area contributed by atoms with Crippen LogP contribution in [0.1, 0.15) is 15.9 Å². The van der Waals surface area contributed by atoms with Crippen LogP contribution in [0, 0.1) is 0 Å². The number of aromatic hydroxyl groups is 1. The van der Waals surface area contributed by atoms with Crippen LogP contribution in [0.3, 0.4) is 0 Å². The largest absolute Gasteiger partial charge is 0.504 e. The quantitative estimate of drug-likeness (QED) is 0.592. The molecule has 5 nitrogen and oxygen atoms in total. The number of carbonyl (C=O) groups is 2. The zero-order valence-corrected chi connectivity index (χ0v) is 8.51. The van der Waals surface area contributed by atoms with Gasteiger partial charge in [0.05, 0.1) is 7.11 Å². The standard InChI is InChI=1S/C11H10O5/c1-16-10-5-8(6-12)7(4-9(10)13)2-3-11(14)15/h2-6,13H,1H3,(H,14,15). The third kappa shape index (κ3) is 2.60. The number of ether oxygens (including phenoxy) is 1. The topological polar surface area (TPSA) is 83.8 Å². The molecular weight excluding hydrogens is 212 g/mol. The van der Waals surface area contributed by atoms with Crippen LogP contribution in [0.2, 0.25) is 0 Å². The molecule has 0 spiro atoms. The first-order valence-electron chi connectivity index (χ1n) is 4.35. The van der Waals surface area contributed by atoms with Crippen molar-refractivity contribution in [1.29, 1.82) is 0 Å². The van der Waals surface area contributed by atoms with Crippen LogP contribution in [0.25, 0.3) is 6.08 Å². The molecule has 0 amide bonds. The zero-order valence-electron chi connectivity index (χ0n) is 8.51. The van der Waals surface area contributed by atoms with Crippen molar-refractivity contribution < 1.29 is 24.5 Å². The molecule has 0 atom stereocenters. The number of carbonyl (C=O) groups excluding carboxylic acids is 1. The van der Waals surface area contributed by atoms with Crippen molar-refractivity contribution in [2.75, 3.05) is 7.11 Å². The Morgan fingerprint density at radius 3 is 2.56 bits per heavy atom. The monoisotopic (exact) mass is 222 g/mol. The normalized spacial score (nSPS) is 10.3. The summed E-state index contributed by atoms with van der Waals surface area (Å²) in [6.45, 7) is 0. The van der Waals surface area contributed by atoms with E-state index in [0.717, 1.165) is 6.08 Å². The van der Waals surface area contributed by atoms with E-state index in [1.54, 1.807) is 0 Å². The highest BCUT2D eigenvalue weighted by atomic mass is 16.5. The molecule has 0 saturated heterocycles. The Labute approximate surface area is 91.6 Å². The molecule has 0 bridgehead atoms. The van der Waals surface area contributed by atoms with E-state index in [9.17, 15) is 14.7 Å². The maximum Gasteiger partial charge on any atom is 0.328 e. The van der Waals surface area contributed by atoms with Crippen molar-refractivity contribution in [3.05, 3.63) is 29.3 Å². The highest BCUT2D eigenvalue weighted by Gasteiger charge is 2.07. The van der Waals surface area contributed by atoms with Gasteiger partial charge in [-0.3, -0.25) is 4.79 Å². The molecule has 84 valence electrons. The van der Waals surface area contributed by atoms with Gasteiger partial charge in [0.25, 0.3) is 0 Å². The van der Waals surface area contributed by atoms with E-state index >= 15 is 0 Å². The number of phenolic OH excluding ortho intramolecular Hbond substituents is 1. The zero-order chi connectivity index (χ0) is 12.1. The fourth-order valence-corrected chi connectivity index (χ4v) is 1.17. The highest BCUT2D eigenvalue weighted by molar-refractivity contribution is 5.89. The minimum Gasteiger partial charge on any atom is -0.504 e. The molecule has 0 radical (unpaired) electrons. The van der Waals surface area contributed by atoms with Crippen molar-refractivity contribution in [1.82, 2.24) is 0 Å². The summed E-state index contributed by atoms with van der Waals surface area (Å²) in [7, 11) is 1.36. The Bertz CT molecular complexity index is 448. The number of aliphatic carboxylic acids is 1. The molecule has 0 heterocycles. The molecular formula is C11H10O5. The first kappa shape index (κ1) is 11.8. The van der Waals surface area contributed by atoms with E-state index in [1.165, 1.54) is 25.3 Å². The van der Waals surface area contributed by atoms with Crippen molar-refractivity contribution in [3.63, 3.8) is 0 Å². The molecule has 0 aromatic heterocycles. The number of hydrogen-bond donors (Lipinski definition) is 2. The number of benzene rings is 1. The SMILES string of the molecule is COc1cc(C=O)c(C=CC(=O)O)cc1O. The van der Waals surface area contributed by atoms with Crippen LogP contribution in [-0.2, 0) is 4.79 Å². The van der Waals surface area contributed by atoms with Gasteiger partial charge in [0.2, 0.25) is 0 Å². The van der Waals surface area contributed by atoms with Gasteiger partial charge in [0, 0.05) is 11.6 Å². The van der Waals surface area contributed by atoms with Crippen LogP contribution < -0.4 is 4.74 Å². The van der Waals surface area contributed by atoms with Gasteiger partial charge in [-0.1, -0.05) is 0 Å². The maximum atomic E-state index is 10.7. The average Bonchev–Trinajstić information content (AvgIpc) is 2.26. The Morgan fingerprint density at radius 2 is 2.06 bits per heavy atom. The van der Waals surface area contributed by atoms with Crippen molar-refractivity contribution >= 4 is 18.3 Å². The molecule has 2 N–H and O–H groups in total. The van der Waals surface area contributed by atoms with Crippen LogP contribution in [0.4, 0.5) is 0 Å². The molecule has 1 aromatic rings. The smallest absolute Gasteiger partial charge is 0.328 e. The minimum atomic E-state index is -1.13. The summed E-state index contributed by atoms with van der Waals surface area (Å²) >= 11 is 0. The number of carboxylic acid groups (broad SMARTS) is 1. The molecule has 0 aliphatic heterocycles. The summed E-state index contributed by atoms with van der Waals surface area (Å²) in [6.07, 6.45) is 2.67. The molecule has 1 rings (SSSR count). The molecule has 0 aliphatic carbocycles. The molecule has 0 aliphatic rings. The fraction of sp³-hybridized carbons (Fsp3) is 0.0909. The number of hydrogen-bond acceptors (Lipinski definition) is 4. The third-order valence-corrected chi connectivity index (χ3v) is 1.92. The van der Waals surface area contributed by atoms with E-state index in [2.05, 4.69) is 0 Å². The summed E-state index contributed by atoms with van der Waals surface area (Å²) in [6, 6.07) is 2.60. The van der Waals surface area contributed by atoms with E-state index in [-0.39, 0.29) is 17.1 Å². The Hall–Kier alpha value is -2.30. The number of carboxylic acids is 1. The first-order valence-corrected chi connectivity index (χ1v) is 4.35. The molecule has 0 unspecified atom stereocenters. The van der Waals surface area contributed by atoms with Crippen molar-refractivity contribution in [2.45, 2.75) is 0 Å². The van der Waals surface area contributed by atoms with E-state index in [1.807, 2.05) is 0 Å². The summed E-state index contributed by atoms with van der Waals surface area (Å²) in [5.74, 6) is -1.13. The number of methoxy groups -OCH3 is 1. The lowest BCUT2D eigenvalue weighted by Crippen LogP contribution is -1.92. The van der Waals surface area contributed by atoms with Crippen LogP contribution >= 0.6 is 0 Å². The summed E-state index contributed by atoms with van der Waals surface area (Å²) in [5.41, 5.74) is 0.558. The Balaban J connectivity index is 3.23.